The number of carbonyl (C=O) groups excluding carboxylic acids is 3. The molecule has 3 aromatic rings. The van der Waals surface area contributed by atoms with Crippen LogP contribution in [0.25, 0.3) is 0 Å². The fraction of sp³-hybridized carbons (Fsp3) is 0.0417. The zero-order valence-corrected chi connectivity index (χ0v) is 19.8. The largest absolute Gasteiger partial charge is 0.497 e. The quantitative estimate of drug-likeness (QED) is 0.411. The molecular formula is C24H16Cl3N3O4. The van der Waals surface area contributed by atoms with Crippen molar-refractivity contribution in [3.63, 3.8) is 0 Å². The number of rotatable bonds is 6. The predicted molar refractivity (Wildman–Crippen MR) is 133 cm³/mol. The van der Waals surface area contributed by atoms with Crippen molar-refractivity contribution in [2.24, 2.45) is 0 Å². The van der Waals surface area contributed by atoms with E-state index in [2.05, 4.69) is 10.6 Å². The van der Waals surface area contributed by atoms with Crippen LogP contribution in [0.4, 0.5) is 17.1 Å². The maximum absolute atomic E-state index is 13.0. The molecule has 3 amide bonds. The van der Waals surface area contributed by atoms with Crippen LogP contribution in [0.1, 0.15) is 10.4 Å². The first-order valence-corrected chi connectivity index (χ1v) is 11.0. The third kappa shape index (κ3) is 4.72. The Kier molecular flexibility index (Phi) is 6.79. The Bertz CT molecular complexity index is 1340. The van der Waals surface area contributed by atoms with Crippen LogP contribution in [0.15, 0.2) is 77.5 Å². The molecule has 172 valence electrons. The number of methoxy groups -OCH3 is 1. The number of amides is 3. The van der Waals surface area contributed by atoms with E-state index in [9.17, 15) is 14.4 Å². The third-order valence-electron chi connectivity index (χ3n) is 4.92. The summed E-state index contributed by atoms with van der Waals surface area (Å²) in [6, 6.07) is 17.7. The van der Waals surface area contributed by atoms with Gasteiger partial charge in [-0.1, -0.05) is 40.9 Å². The van der Waals surface area contributed by atoms with Gasteiger partial charge >= 0.3 is 0 Å². The molecular weight excluding hydrogens is 501 g/mol. The highest BCUT2D eigenvalue weighted by Crippen LogP contribution is 2.35. The highest BCUT2D eigenvalue weighted by atomic mass is 35.5. The van der Waals surface area contributed by atoms with Gasteiger partial charge in [0.05, 0.1) is 17.8 Å². The number of nitrogens with zero attached hydrogens (tertiary/aromatic N) is 1. The average Bonchev–Trinajstić information content (AvgIpc) is 3.04. The van der Waals surface area contributed by atoms with E-state index in [1.807, 2.05) is 0 Å². The lowest BCUT2D eigenvalue weighted by Crippen LogP contribution is -2.32. The SMILES string of the molecule is COc1ccc(NC(=O)c2cccc(NC3=C(Cl)C(=O)N(c4cc(Cl)ccc4Cl)C3=O)c2)cc1. The molecule has 1 heterocycles. The second kappa shape index (κ2) is 9.77. The van der Waals surface area contributed by atoms with Crippen molar-refractivity contribution in [3.8, 4) is 5.75 Å². The van der Waals surface area contributed by atoms with E-state index < -0.39 is 11.8 Å². The van der Waals surface area contributed by atoms with Crippen LogP contribution in [0, 0.1) is 0 Å². The molecule has 0 spiro atoms. The summed E-state index contributed by atoms with van der Waals surface area (Å²) in [6.07, 6.45) is 0. The van der Waals surface area contributed by atoms with Crippen molar-refractivity contribution in [1.29, 1.82) is 0 Å². The van der Waals surface area contributed by atoms with Crippen LogP contribution < -0.4 is 20.3 Å². The first-order valence-electron chi connectivity index (χ1n) is 9.84. The minimum Gasteiger partial charge on any atom is -0.497 e. The van der Waals surface area contributed by atoms with Crippen LogP contribution in [-0.2, 0) is 9.59 Å². The maximum Gasteiger partial charge on any atom is 0.283 e. The second-order valence-corrected chi connectivity index (χ2v) is 8.34. The molecule has 0 bridgehead atoms. The fourth-order valence-corrected chi connectivity index (χ4v) is 3.83. The Labute approximate surface area is 209 Å². The summed E-state index contributed by atoms with van der Waals surface area (Å²) < 4.78 is 5.11. The zero-order chi connectivity index (χ0) is 24.4. The molecule has 0 radical (unpaired) electrons. The molecule has 4 rings (SSSR count). The first-order chi connectivity index (χ1) is 16.3. The summed E-state index contributed by atoms with van der Waals surface area (Å²) in [6.45, 7) is 0. The molecule has 7 nitrogen and oxygen atoms in total. The summed E-state index contributed by atoms with van der Waals surface area (Å²) in [5, 5.41) is 5.77. The van der Waals surface area contributed by atoms with Gasteiger partial charge in [-0.25, -0.2) is 4.90 Å². The van der Waals surface area contributed by atoms with Crippen molar-refractivity contribution in [2.45, 2.75) is 0 Å². The Hall–Kier alpha value is -3.52. The van der Waals surface area contributed by atoms with Crippen molar-refractivity contribution in [2.75, 3.05) is 22.6 Å². The maximum atomic E-state index is 13.0. The average molecular weight is 517 g/mol. The van der Waals surface area contributed by atoms with E-state index in [1.165, 1.54) is 24.3 Å². The van der Waals surface area contributed by atoms with Crippen molar-refractivity contribution < 1.29 is 19.1 Å². The van der Waals surface area contributed by atoms with Gasteiger partial charge in [-0.15, -0.1) is 0 Å². The molecule has 2 N–H and O–H groups in total. The molecule has 0 atom stereocenters. The van der Waals surface area contributed by atoms with E-state index in [-0.39, 0.29) is 27.3 Å². The van der Waals surface area contributed by atoms with Gasteiger partial charge in [0.1, 0.15) is 16.5 Å². The molecule has 34 heavy (non-hydrogen) atoms. The van der Waals surface area contributed by atoms with Crippen LogP contribution >= 0.6 is 34.8 Å². The van der Waals surface area contributed by atoms with Crippen molar-refractivity contribution >= 4 is 69.6 Å². The second-order valence-electron chi connectivity index (χ2n) is 7.12. The van der Waals surface area contributed by atoms with E-state index in [4.69, 9.17) is 39.5 Å². The van der Waals surface area contributed by atoms with Gasteiger partial charge in [-0.3, -0.25) is 14.4 Å². The van der Waals surface area contributed by atoms with Crippen molar-refractivity contribution in [3.05, 3.63) is 93.1 Å². The number of imide groups is 1. The predicted octanol–water partition coefficient (Wildman–Crippen LogP) is 5.69. The fourth-order valence-electron chi connectivity index (χ4n) is 3.25. The van der Waals surface area contributed by atoms with E-state index in [0.717, 1.165) is 4.90 Å². The third-order valence-corrected chi connectivity index (χ3v) is 5.82. The molecule has 10 heteroatoms. The molecule has 0 fully saturated rings. The molecule has 1 aliphatic heterocycles. The van der Waals surface area contributed by atoms with Gasteiger partial charge in [0.25, 0.3) is 17.7 Å². The van der Waals surface area contributed by atoms with Gasteiger partial charge in [-0.05, 0) is 60.7 Å². The Balaban J connectivity index is 1.54. The Morgan fingerprint density at radius 1 is 0.882 bits per heavy atom. The Morgan fingerprint density at radius 3 is 2.32 bits per heavy atom. The lowest BCUT2D eigenvalue weighted by atomic mass is 10.1. The number of carbonyl (C=O) groups is 3. The molecule has 0 saturated heterocycles. The van der Waals surface area contributed by atoms with Crippen LogP contribution in [0.2, 0.25) is 10.0 Å². The number of benzene rings is 3. The van der Waals surface area contributed by atoms with Gasteiger partial charge in [0.2, 0.25) is 0 Å². The number of hydrogen-bond donors (Lipinski definition) is 2. The van der Waals surface area contributed by atoms with Crippen LogP contribution in [0.5, 0.6) is 5.75 Å². The van der Waals surface area contributed by atoms with Gasteiger partial charge < -0.3 is 15.4 Å². The standard InChI is InChI=1S/C24H16Cl3N3O4/c1-34-17-8-6-15(7-9-17)29-22(31)13-3-2-4-16(11-13)28-21-20(27)23(32)30(24(21)33)19-12-14(25)5-10-18(19)26/h2-12,28H,1H3,(H,29,31). The minimum absolute atomic E-state index is 0.117. The summed E-state index contributed by atoms with van der Waals surface area (Å²) in [5.74, 6) is -1.15. The highest BCUT2D eigenvalue weighted by molar-refractivity contribution is 6.54. The number of anilines is 3. The summed E-state index contributed by atoms with van der Waals surface area (Å²) in [5.41, 5.74) is 1.27. The Morgan fingerprint density at radius 2 is 1.62 bits per heavy atom. The highest BCUT2D eigenvalue weighted by Gasteiger charge is 2.40. The zero-order valence-electron chi connectivity index (χ0n) is 17.6. The molecule has 0 aliphatic carbocycles. The van der Waals surface area contributed by atoms with Gasteiger partial charge in [0, 0.05) is 22.0 Å². The number of hydrogen-bond acceptors (Lipinski definition) is 5. The molecule has 3 aromatic carbocycles. The first kappa shape index (κ1) is 23.6. The lowest BCUT2D eigenvalue weighted by Gasteiger charge is -2.17. The van der Waals surface area contributed by atoms with Gasteiger partial charge in [0.15, 0.2) is 0 Å². The smallest absolute Gasteiger partial charge is 0.283 e. The number of nitrogens with one attached hydrogen (secondary N) is 2. The summed E-state index contributed by atoms with van der Waals surface area (Å²) in [4.78, 5) is 39.2. The molecule has 0 unspecified atom stereocenters. The van der Waals surface area contributed by atoms with E-state index in [0.29, 0.717) is 27.7 Å². The molecule has 1 aliphatic rings. The van der Waals surface area contributed by atoms with E-state index >= 15 is 0 Å². The topological polar surface area (TPSA) is 87.7 Å². The summed E-state index contributed by atoms with van der Waals surface area (Å²) in [7, 11) is 1.55. The van der Waals surface area contributed by atoms with Crippen LogP contribution in [-0.4, -0.2) is 24.8 Å². The van der Waals surface area contributed by atoms with Crippen LogP contribution in [0.3, 0.4) is 0 Å². The minimum atomic E-state index is -0.744. The lowest BCUT2D eigenvalue weighted by molar-refractivity contribution is -0.120. The van der Waals surface area contributed by atoms with Gasteiger partial charge in [-0.2, -0.15) is 0 Å². The normalized spacial score (nSPS) is 13.4. The molecule has 0 saturated carbocycles. The van der Waals surface area contributed by atoms with Crippen molar-refractivity contribution in [1.82, 2.24) is 0 Å². The monoisotopic (exact) mass is 515 g/mol. The summed E-state index contributed by atoms with van der Waals surface area (Å²) >= 11 is 18.3. The molecule has 0 aromatic heterocycles. The van der Waals surface area contributed by atoms with E-state index in [1.54, 1.807) is 49.6 Å². The number of ether oxygens (including phenoxy) is 1. The number of halogens is 3.